The van der Waals surface area contributed by atoms with E-state index >= 15 is 0 Å². The number of ether oxygens (including phenoxy) is 1. The molecular formula is C48H99NO3. The molecule has 0 spiro atoms. The second-order valence-electron chi connectivity index (χ2n) is 17.3. The van der Waals surface area contributed by atoms with Gasteiger partial charge in [0, 0.05) is 7.11 Å². The molecule has 0 aliphatic heterocycles. The molecule has 0 atom stereocenters. The number of rotatable bonds is 42. The van der Waals surface area contributed by atoms with Crippen molar-refractivity contribution in [1.29, 1.82) is 0 Å². The fourth-order valence-electron chi connectivity index (χ4n) is 7.70. The van der Waals surface area contributed by atoms with Gasteiger partial charge in [0.1, 0.15) is 0 Å². The van der Waals surface area contributed by atoms with Crippen molar-refractivity contribution in [2.45, 2.75) is 271 Å². The van der Waals surface area contributed by atoms with Gasteiger partial charge in [-0.3, -0.25) is 0 Å². The number of hydrogen-bond acceptors (Lipinski definition) is 3. The van der Waals surface area contributed by atoms with Crippen LogP contribution in [0.15, 0.2) is 0 Å². The van der Waals surface area contributed by atoms with Crippen LogP contribution in [0.5, 0.6) is 0 Å². The number of methoxy groups -OCH3 is 1. The van der Waals surface area contributed by atoms with Crippen molar-refractivity contribution in [3.05, 3.63) is 0 Å². The quantitative estimate of drug-likeness (QED) is 0.0356. The van der Waals surface area contributed by atoms with Gasteiger partial charge in [0.05, 0.1) is 27.2 Å². The summed E-state index contributed by atoms with van der Waals surface area (Å²) in [5.41, 5.74) is 0. The van der Waals surface area contributed by atoms with Gasteiger partial charge in [-0.15, -0.1) is 0 Å². The minimum Gasteiger partial charge on any atom is -0.553 e. The van der Waals surface area contributed by atoms with E-state index in [2.05, 4.69) is 32.7 Å². The fraction of sp³-hybridized carbons (Fsp3) is 0.979. The van der Waals surface area contributed by atoms with Crippen molar-refractivity contribution < 1.29 is 19.1 Å². The highest BCUT2D eigenvalue weighted by Crippen LogP contribution is 2.17. The highest BCUT2D eigenvalue weighted by Gasteiger charge is 2.13. The van der Waals surface area contributed by atoms with Crippen molar-refractivity contribution in [3.8, 4) is 0 Å². The average molecular weight is 738 g/mol. The van der Waals surface area contributed by atoms with E-state index in [0.29, 0.717) is 0 Å². The van der Waals surface area contributed by atoms with Crippen LogP contribution in [0.1, 0.15) is 271 Å². The van der Waals surface area contributed by atoms with Crippen molar-refractivity contribution in [2.24, 2.45) is 0 Å². The topological polar surface area (TPSA) is 49.4 Å². The number of carbonyl (C=O) groups is 1. The molecular weight excluding hydrogens is 639 g/mol. The number of unbranched alkanes of at least 4 members (excludes halogenated alkanes) is 38. The van der Waals surface area contributed by atoms with Crippen LogP contribution in [0.25, 0.3) is 0 Å². The van der Waals surface area contributed by atoms with E-state index in [0.717, 1.165) is 7.11 Å². The molecule has 0 aromatic heterocycles. The van der Waals surface area contributed by atoms with E-state index in [9.17, 15) is 0 Å². The Hall–Kier alpha value is -0.770. The van der Waals surface area contributed by atoms with Crippen molar-refractivity contribution in [1.82, 2.24) is 0 Å². The summed E-state index contributed by atoms with van der Waals surface area (Å²) in [6.45, 7) is 7.40. The van der Waals surface area contributed by atoms with Gasteiger partial charge in [-0.2, -0.15) is 0 Å². The minimum absolute atomic E-state index is 1.04. The van der Waals surface area contributed by atoms with Crippen LogP contribution in [-0.4, -0.2) is 44.9 Å². The van der Waals surface area contributed by atoms with E-state index in [1.54, 1.807) is 0 Å². The Kier molecular flexibility index (Phi) is 47.6. The zero-order valence-corrected chi connectivity index (χ0v) is 36.9. The molecule has 0 saturated carbocycles. The highest BCUT2D eigenvalue weighted by atomic mass is 16.6. The zero-order valence-electron chi connectivity index (χ0n) is 36.9. The fourth-order valence-corrected chi connectivity index (χ4v) is 7.70. The first kappa shape index (κ1) is 53.3. The number of quaternary nitrogens is 1. The maximum atomic E-state index is 9.03. The summed E-state index contributed by atoms with van der Waals surface area (Å²) in [6.07, 6.45) is 57.4. The normalized spacial score (nSPS) is 11.5. The molecule has 0 N–H and O–H groups in total. The number of nitrogens with zero attached hydrogens (tertiary/aromatic N) is 1. The van der Waals surface area contributed by atoms with Crippen LogP contribution in [-0.2, 0) is 4.74 Å². The highest BCUT2D eigenvalue weighted by molar-refractivity contribution is 5.53. The van der Waals surface area contributed by atoms with Crippen LogP contribution in [0.4, 0.5) is 4.79 Å². The van der Waals surface area contributed by atoms with Gasteiger partial charge in [-0.25, -0.2) is 0 Å². The van der Waals surface area contributed by atoms with Crippen LogP contribution in [0.2, 0.25) is 0 Å². The molecule has 314 valence electrons. The third kappa shape index (κ3) is 51.3. The average Bonchev–Trinajstić information content (AvgIpc) is 3.13. The Morgan fingerprint density at radius 2 is 0.481 bits per heavy atom. The largest absolute Gasteiger partial charge is 0.553 e. The predicted molar refractivity (Wildman–Crippen MR) is 230 cm³/mol. The minimum atomic E-state index is -1.50. The van der Waals surface area contributed by atoms with Gasteiger partial charge in [0.2, 0.25) is 0 Å². The molecule has 0 aliphatic rings. The lowest BCUT2D eigenvalue weighted by molar-refractivity contribution is -0.890. The maximum absolute atomic E-state index is 9.03. The van der Waals surface area contributed by atoms with Crippen LogP contribution >= 0.6 is 0 Å². The van der Waals surface area contributed by atoms with Crippen LogP contribution < -0.4 is 5.11 Å². The van der Waals surface area contributed by atoms with Gasteiger partial charge in [-0.05, 0) is 25.7 Å². The van der Waals surface area contributed by atoms with E-state index in [1.165, 1.54) is 274 Å². The molecule has 52 heavy (non-hydrogen) atoms. The molecule has 0 unspecified atom stereocenters. The second kappa shape index (κ2) is 46.4. The first-order valence-electron chi connectivity index (χ1n) is 24.0. The zero-order chi connectivity index (χ0) is 38.5. The Bertz CT molecular complexity index is 606. The second-order valence-corrected chi connectivity index (χ2v) is 17.3. The molecule has 0 saturated heterocycles. The molecule has 0 heterocycles. The molecule has 0 aliphatic carbocycles. The van der Waals surface area contributed by atoms with E-state index in [-0.39, 0.29) is 0 Å². The summed E-state index contributed by atoms with van der Waals surface area (Å²) in [4.78, 5) is 9.03. The van der Waals surface area contributed by atoms with E-state index < -0.39 is 6.16 Å². The Labute approximate surface area is 329 Å². The van der Waals surface area contributed by atoms with Gasteiger partial charge < -0.3 is 19.1 Å². The molecule has 0 fully saturated rings. The van der Waals surface area contributed by atoms with E-state index in [1.807, 2.05) is 0 Å². The Balaban J connectivity index is 0. The summed E-state index contributed by atoms with van der Waals surface area (Å²) in [7, 11) is 5.99. The van der Waals surface area contributed by atoms with Crippen LogP contribution in [0.3, 0.4) is 0 Å². The third-order valence-electron chi connectivity index (χ3n) is 11.4. The van der Waals surface area contributed by atoms with Crippen LogP contribution in [0, 0.1) is 0 Å². The van der Waals surface area contributed by atoms with E-state index in [4.69, 9.17) is 9.90 Å². The first-order chi connectivity index (χ1) is 25.4. The predicted octanol–water partition coefficient (Wildman–Crippen LogP) is 15.7. The molecule has 0 aromatic rings. The smallest absolute Gasteiger partial charge is 0.251 e. The van der Waals surface area contributed by atoms with Crippen molar-refractivity contribution in [2.75, 3.05) is 34.3 Å². The molecule has 4 heteroatoms. The van der Waals surface area contributed by atoms with Crippen molar-refractivity contribution in [3.63, 3.8) is 0 Å². The number of hydrogen-bond donors (Lipinski definition) is 0. The van der Waals surface area contributed by atoms with Gasteiger partial charge in [0.15, 0.2) is 0 Å². The Morgan fingerprint density at radius 3 is 0.615 bits per heavy atom. The molecule has 0 rings (SSSR count). The number of carbonyl (C=O) groups excluding carboxylic acids is 1. The maximum Gasteiger partial charge on any atom is 0.251 e. The molecule has 0 bridgehead atoms. The lowest BCUT2D eigenvalue weighted by Crippen LogP contribution is -2.41. The number of carboxylic acid groups (broad SMARTS) is 1. The summed E-state index contributed by atoms with van der Waals surface area (Å²) in [6, 6.07) is 0. The summed E-state index contributed by atoms with van der Waals surface area (Å²) in [5, 5.41) is 9.03. The van der Waals surface area contributed by atoms with Gasteiger partial charge in [0.25, 0.3) is 6.16 Å². The lowest BCUT2D eigenvalue weighted by atomic mass is 10.0. The standard InChI is InChI=1S/C46H96N.C2H4O3/c1-5-7-9-11-13-15-17-19-21-23-25-27-29-31-33-35-37-39-41-43-45-47(3,4)46-44-42-40-38-36-34-32-30-28-26-24-22-20-18-16-14-12-10-8-6-2;1-5-2(3)4/h5-46H2,1-4H3;1H3,(H,3,4)/q+1;/p-1. The molecule has 0 aromatic carbocycles. The third-order valence-corrected chi connectivity index (χ3v) is 11.4. The SMILES string of the molecule is CCCCCCCCCCCCCCCCCCCCCC[N+](C)(C)CCCCCCCCCCCCCCCCCCCCCC.COC(=O)[O-]. The van der Waals surface area contributed by atoms with Gasteiger partial charge in [-0.1, -0.05) is 245 Å². The first-order valence-corrected chi connectivity index (χ1v) is 24.0. The van der Waals surface area contributed by atoms with Gasteiger partial charge >= 0.3 is 0 Å². The molecule has 0 radical (unpaired) electrons. The summed E-state index contributed by atoms with van der Waals surface area (Å²) >= 11 is 0. The summed E-state index contributed by atoms with van der Waals surface area (Å²) in [5.74, 6) is 0. The monoisotopic (exact) mass is 738 g/mol. The lowest BCUT2D eigenvalue weighted by Gasteiger charge is -2.30. The summed E-state index contributed by atoms with van der Waals surface area (Å²) < 4.78 is 4.80. The molecule has 0 amide bonds. The Morgan fingerprint density at radius 1 is 0.346 bits per heavy atom. The molecule has 4 nitrogen and oxygen atoms in total. The van der Waals surface area contributed by atoms with Crippen molar-refractivity contribution >= 4 is 6.16 Å².